The fourth-order valence-electron chi connectivity index (χ4n) is 2.54. The van der Waals surface area contributed by atoms with Crippen LogP contribution in [-0.2, 0) is 22.7 Å². The number of aromatic nitrogens is 1. The average molecular weight is 332 g/mol. The minimum atomic E-state index is -0.326. The van der Waals surface area contributed by atoms with Crippen molar-refractivity contribution in [2.24, 2.45) is 0 Å². The van der Waals surface area contributed by atoms with Crippen molar-refractivity contribution in [2.75, 3.05) is 13.2 Å². The van der Waals surface area contributed by atoms with E-state index in [1.165, 1.54) is 0 Å². The minimum absolute atomic E-state index is 0.169. The van der Waals surface area contributed by atoms with Gasteiger partial charge in [-0.1, -0.05) is 6.07 Å². The monoisotopic (exact) mass is 332 g/mol. The van der Waals surface area contributed by atoms with Crippen LogP contribution in [0.1, 0.15) is 28.4 Å². The molecule has 1 saturated heterocycles. The third kappa shape index (κ3) is 4.19. The molecule has 0 radical (unpaired) electrons. The van der Waals surface area contributed by atoms with E-state index in [1.807, 2.05) is 18.2 Å². The van der Waals surface area contributed by atoms with Crippen LogP contribution in [0.4, 0.5) is 0 Å². The molecule has 24 heavy (non-hydrogen) atoms. The van der Waals surface area contributed by atoms with Crippen LogP contribution in [0, 0.1) is 0 Å². The Bertz CT molecular complexity index is 658. The van der Waals surface area contributed by atoms with Crippen LogP contribution in [0.5, 0.6) is 0 Å². The number of rotatable bonds is 6. The first-order chi connectivity index (χ1) is 11.8. The molecule has 2 aromatic heterocycles. The third-order valence-corrected chi connectivity index (χ3v) is 3.83. The Labute approximate surface area is 139 Å². The maximum atomic E-state index is 12.3. The van der Waals surface area contributed by atoms with Crippen molar-refractivity contribution in [1.82, 2.24) is 10.3 Å². The largest absolute Gasteiger partial charge is 0.453 e. The molecular formula is C17H20N2O5. The van der Waals surface area contributed by atoms with E-state index in [9.17, 15) is 4.79 Å². The molecule has 0 aliphatic carbocycles. The number of carbonyl (C=O) groups excluding carboxylic acids is 1. The van der Waals surface area contributed by atoms with Gasteiger partial charge in [0.2, 0.25) is 0 Å². The van der Waals surface area contributed by atoms with E-state index in [2.05, 4.69) is 10.3 Å². The van der Waals surface area contributed by atoms with Crippen molar-refractivity contribution in [3.63, 3.8) is 0 Å². The van der Waals surface area contributed by atoms with Crippen LogP contribution >= 0.6 is 0 Å². The fraction of sp³-hybridized carbons (Fsp3) is 0.412. The van der Waals surface area contributed by atoms with Crippen molar-refractivity contribution in [3.8, 4) is 0 Å². The smallest absolute Gasteiger partial charge is 0.287 e. The molecule has 7 heteroatoms. The molecular weight excluding hydrogens is 312 g/mol. The molecule has 0 saturated carbocycles. The van der Waals surface area contributed by atoms with Crippen molar-refractivity contribution in [2.45, 2.75) is 31.8 Å². The van der Waals surface area contributed by atoms with Gasteiger partial charge in [0.15, 0.2) is 5.76 Å². The van der Waals surface area contributed by atoms with Gasteiger partial charge in [0.1, 0.15) is 18.5 Å². The zero-order chi connectivity index (χ0) is 16.8. The molecule has 1 aliphatic rings. The number of aliphatic hydroxyl groups is 1. The van der Waals surface area contributed by atoms with Gasteiger partial charge >= 0.3 is 0 Å². The summed E-state index contributed by atoms with van der Waals surface area (Å²) in [7, 11) is 0. The van der Waals surface area contributed by atoms with Gasteiger partial charge < -0.3 is 24.3 Å². The Morgan fingerprint density at radius 3 is 3.04 bits per heavy atom. The average Bonchev–Trinajstić information content (AvgIpc) is 3.11. The molecule has 2 aromatic rings. The molecule has 1 fully saturated rings. The second kappa shape index (κ2) is 8.05. The number of furan rings is 1. The predicted molar refractivity (Wildman–Crippen MR) is 84.1 cm³/mol. The topological polar surface area (TPSA) is 93.8 Å². The van der Waals surface area contributed by atoms with Gasteiger partial charge in [-0.05, 0) is 30.7 Å². The van der Waals surface area contributed by atoms with E-state index >= 15 is 0 Å². The first-order valence-electron chi connectivity index (χ1n) is 7.86. The Morgan fingerprint density at radius 1 is 1.38 bits per heavy atom. The SMILES string of the molecule is O=C(N[C@@H]1CCOC[C@H]1OCc1ccccn1)c1ccc(CO)o1. The third-order valence-electron chi connectivity index (χ3n) is 3.83. The quantitative estimate of drug-likeness (QED) is 0.827. The van der Waals surface area contributed by atoms with E-state index in [-0.39, 0.29) is 30.4 Å². The normalized spacial score (nSPS) is 20.7. The summed E-state index contributed by atoms with van der Waals surface area (Å²) in [5.74, 6) is 0.206. The van der Waals surface area contributed by atoms with Gasteiger partial charge in [0.05, 0.1) is 24.9 Å². The molecule has 0 spiro atoms. The summed E-state index contributed by atoms with van der Waals surface area (Å²) < 4.78 is 16.6. The van der Waals surface area contributed by atoms with E-state index < -0.39 is 0 Å². The fourth-order valence-corrected chi connectivity index (χ4v) is 2.54. The van der Waals surface area contributed by atoms with Gasteiger partial charge in [-0.3, -0.25) is 9.78 Å². The van der Waals surface area contributed by atoms with E-state index in [0.717, 1.165) is 5.69 Å². The van der Waals surface area contributed by atoms with Crippen LogP contribution in [-0.4, -0.2) is 41.4 Å². The Balaban J connectivity index is 1.58. The van der Waals surface area contributed by atoms with Gasteiger partial charge in [-0.15, -0.1) is 0 Å². The molecule has 0 bridgehead atoms. The number of hydrogen-bond donors (Lipinski definition) is 2. The number of aliphatic hydroxyl groups excluding tert-OH is 1. The van der Waals surface area contributed by atoms with Crippen LogP contribution in [0.2, 0.25) is 0 Å². The lowest BCUT2D eigenvalue weighted by molar-refractivity contribution is -0.0744. The lowest BCUT2D eigenvalue weighted by Gasteiger charge is -2.31. The first-order valence-corrected chi connectivity index (χ1v) is 7.86. The van der Waals surface area contributed by atoms with Crippen molar-refractivity contribution < 1.29 is 23.8 Å². The highest BCUT2D eigenvalue weighted by atomic mass is 16.5. The molecule has 3 rings (SSSR count). The second-order valence-corrected chi connectivity index (χ2v) is 5.54. The van der Waals surface area contributed by atoms with Crippen molar-refractivity contribution in [3.05, 3.63) is 53.7 Å². The molecule has 1 amide bonds. The molecule has 2 atom stereocenters. The molecule has 2 N–H and O–H groups in total. The summed E-state index contributed by atoms with van der Waals surface area (Å²) in [5.41, 5.74) is 0.826. The number of nitrogens with zero attached hydrogens (tertiary/aromatic N) is 1. The van der Waals surface area contributed by atoms with Crippen LogP contribution < -0.4 is 5.32 Å². The molecule has 0 unspecified atom stereocenters. The van der Waals surface area contributed by atoms with Gasteiger partial charge in [0.25, 0.3) is 5.91 Å². The number of ether oxygens (including phenoxy) is 2. The molecule has 0 aromatic carbocycles. The maximum Gasteiger partial charge on any atom is 0.287 e. The molecule has 128 valence electrons. The molecule has 3 heterocycles. The zero-order valence-electron chi connectivity index (χ0n) is 13.2. The number of amides is 1. The Kier molecular flexibility index (Phi) is 5.58. The number of nitrogens with one attached hydrogen (secondary N) is 1. The van der Waals surface area contributed by atoms with Crippen LogP contribution in [0.3, 0.4) is 0 Å². The summed E-state index contributed by atoms with van der Waals surface area (Å²) >= 11 is 0. The Morgan fingerprint density at radius 2 is 2.29 bits per heavy atom. The van der Waals surface area contributed by atoms with Crippen molar-refractivity contribution in [1.29, 1.82) is 0 Å². The number of hydrogen-bond acceptors (Lipinski definition) is 6. The minimum Gasteiger partial charge on any atom is -0.453 e. The second-order valence-electron chi connectivity index (χ2n) is 5.54. The first kappa shape index (κ1) is 16.6. The van der Waals surface area contributed by atoms with Crippen LogP contribution in [0.25, 0.3) is 0 Å². The highest BCUT2D eigenvalue weighted by Gasteiger charge is 2.29. The van der Waals surface area contributed by atoms with Crippen LogP contribution in [0.15, 0.2) is 40.9 Å². The lowest BCUT2D eigenvalue weighted by Crippen LogP contribution is -2.49. The number of pyridine rings is 1. The summed E-state index contributed by atoms with van der Waals surface area (Å²) in [6.07, 6.45) is 2.12. The standard InChI is InChI=1S/C17H20N2O5/c20-9-13-4-5-15(24-13)17(21)19-14-6-8-22-11-16(14)23-10-12-3-1-2-7-18-12/h1-5,7,14,16,20H,6,8-11H2,(H,19,21)/t14-,16-/m1/s1. The summed E-state index contributed by atoms with van der Waals surface area (Å²) in [6.45, 7) is 1.10. The summed E-state index contributed by atoms with van der Waals surface area (Å²) in [6, 6.07) is 8.59. The van der Waals surface area contributed by atoms with Crippen molar-refractivity contribution >= 4 is 5.91 Å². The van der Waals surface area contributed by atoms with Gasteiger partial charge in [-0.25, -0.2) is 0 Å². The molecule has 7 nitrogen and oxygen atoms in total. The van der Waals surface area contributed by atoms with E-state index in [1.54, 1.807) is 18.3 Å². The highest BCUT2D eigenvalue weighted by Crippen LogP contribution is 2.15. The predicted octanol–water partition coefficient (Wildman–Crippen LogP) is 1.27. The van der Waals surface area contributed by atoms with Gasteiger partial charge in [0, 0.05) is 12.8 Å². The van der Waals surface area contributed by atoms with E-state index in [0.29, 0.717) is 32.0 Å². The highest BCUT2D eigenvalue weighted by molar-refractivity contribution is 5.91. The zero-order valence-corrected chi connectivity index (χ0v) is 13.2. The van der Waals surface area contributed by atoms with E-state index in [4.69, 9.17) is 19.0 Å². The number of carbonyl (C=O) groups is 1. The molecule has 1 aliphatic heterocycles. The van der Waals surface area contributed by atoms with Gasteiger partial charge in [-0.2, -0.15) is 0 Å². The Hall–Kier alpha value is -2.22. The summed E-state index contributed by atoms with van der Waals surface area (Å²) in [4.78, 5) is 16.5. The lowest BCUT2D eigenvalue weighted by atomic mass is 10.1. The summed E-state index contributed by atoms with van der Waals surface area (Å²) in [5, 5.41) is 11.9. The maximum absolute atomic E-state index is 12.3.